The number of hydrogen-bond donors (Lipinski definition) is 1. The summed E-state index contributed by atoms with van der Waals surface area (Å²) in [4.78, 5) is 2.38. The summed E-state index contributed by atoms with van der Waals surface area (Å²) in [6.07, 6.45) is 1.11. The summed E-state index contributed by atoms with van der Waals surface area (Å²) < 4.78 is 0. The Labute approximate surface area is 91.5 Å². The molecule has 1 heterocycles. The van der Waals surface area contributed by atoms with Gasteiger partial charge >= 0.3 is 0 Å². The van der Waals surface area contributed by atoms with Gasteiger partial charge in [-0.15, -0.1) is 0 Å². The molecule has 1 atom stereocenters. The van der Waals surface area contributed by atoms with Gasteiger partial charge in [0.05, 0.1) is 0 Å². The van der Waals surface area contributed by atoms with Gasteiger partial charge in [-0.05, 0) is 31.9 Å². The van der Waals surface area contributed by atoms with Crippen molar-refractivity contribution in [2.24, 2.45) is 5.92 Å². The maximum Gasteiger partial charge on any atom is 0.0476 e. The Kier molecular flexibility index (Phi) is 2.96. The standard InChI is InChI=1S/C13H19NO/c1-10-3-4-13(11(2)7-10)14-6-5-12(8-14)9-15/h3-4,7,12,15H,5-6,8-9H2,1-2H3. The molecule has 0 aromatic heterocycles. The average molecular weight is 205 g/mol. The lowest BCUT2D eigenvalue weighted by Gasteiger charge is -2.21. The highest BCUT2D eigenvalue weighted by Gasteiger charge is 2.22. The predicted octanol–water partition coefficient (Wildman–Crippen LogP) is 2.12. The minimum absolute atomic E-state index is 0.321. The van der Waals surface area contributed by atoms with E-state index < -0.39 is 0 Å². The summed E-state index contributed by atoms with van der Waals surface area (Å²) in [5.41, 5.74) is 3.99. The molecule has 1 unspecified atom stereocenters. The Bertz CT molecular complexity index is 348. The predicted molar refractivity (Wildman–Crippen MR) is 63.3 cm³/mol. The minimum Gasteiger partial charge on any atom is -0.396 e. The zero-order valence-corrected chi connectivity index (χ0v) is 9.53. The van der Waals surface area contributed by atoms with Crippen LogP contribution >= 0.6 is 0 Å². The van der Waals surface area contributed by atoms with Gasteiger partial charge in [0.2, 0.25) is 0 Å². The van der Waals surface area contributed by atoms with Gasteiger partial charge in [0, 0.05) is 31.3 Å². The van der Waals surface area contributed by atoms with Crippen molar-refractivity contribution in [2.75, 3.05) is 24.6 Å². The highest BCUT2D eigenvalue weighted by Crippen LogP contribution is 2.27. The van der Waals surface area contributed by atoms with Crippen molar-refractivity contribution >= 4 is 5.69 Å². The van der Waals surface area contributed by atoms with Crippen molar-refractivity contribution in [3.63, 3.8) is 0 Å². The lowest BCUT2D eigenvalue weighted by molar-refractivity contribution is 0.238. The normalized spacial score (nSPS) is 21.0. The second kappa shape index (κ2) is 4.23. The molecular weight excluding hydrogens is 186 g/mol. The van der Waals surface area contributed by atoms with Crippen molar-refractivity contribution in [3.05, 3.63) is 29.3 Å². The van der Waals surface area contributed by atoms with Crippen LogP contribution in [0.5, 0.6) is 0 Å². The summed E-state index contributed by atoms with van der Waals surface area (Å²) >= 11 is 0. The van der Waals surface area contributed by atoms with Gasteiger partial charge in [0.1, 0.15) is 0 Å². The Balaban J connectivity index is 2.17. The third kappa shape index (κ3) is 2.15. The maximum atomic E-state index is 9.12. The van der Waals surface area contributed by atoms with Gasteiger partial charge in [0.15, 0.2) is 0 Å². The molecular formula is C13H19NO. The average Bonchev–Trinajstić information content (AvgIpc) is 2.66. The fraction of sp³-hybridized carbons (Fsp3) is 0.538. The SMILES string of the molecule is Cc1ccc(N2CCC(CO)C2)c(C)c1. The van der Waals surface area contributed by atoms with Gasteiger partial charge in [-0.1, -0.05) is 17.7 Å². The lowest BCUT2D eigenvalue weighted by Crippen LogP contribution is -2.21. The van der Waals surface area contributed by atoms with Crippen LogP contribution in [-0.2, 0) is 0 Å². The van der Waals surface area contributed by atoms with Crippen molar-refractivity contribution in [1.82, 2.24) is 0 Å². The van der Waals surface area contributed by atoms with Crippen molar-refractivity contribution in [1.29, 1.82) is 0 Å². The molecule has 2 rings (SSSR count). The van der Waals surface area contributed by atoms with E-state index in [0.29, 0.717) is 12.5 Å². The molecule has 1 aromatic rings. The summed E-state index contributed by atoms with van der Waals surface area (Å²) in [6, 6.07) is 6.58. The van der Waals surface area contributed by atoms with Crippen LogP contribution in [0.25, 0.3) is 0 Å². The van der Waals surface area contributed by atoms with Gasteiger partial charge in [-0.3, -0.25) is 0 Å². The number of aliphatic hydroxyl groups is 1. The monoisotopic (exact) mass is 205 g/mol. The molecule has 0 radical (unpaired) electrons. The summed E-state index contributed by atoms with van der Waals surface area (Å²) in [5, 5.41) is 9.12. The van der Waals surface area contributed by atoms with E-state index in [9.17, 15) is 0 Å². The molecule has 0 saturated carbocycles. The Morgan fingerprint density at radius 1 is 1.40 bits per heavy atom. The molecule has 2 heteroatoms. The van der Waals surface area contributed by atoms with E-state index in [-0.39, 0.29) is 0 Å². The number of benzene rings is 1. The number of rotatable bonds is 2. The van der Waals surface area contributed by atoms with Crippen LogP contribution in [-0.4, -0.2) is 24.8 Å². The minimum atomic E-state index is 0.321. The van der Waals surface area contributed by atoms with Gasteiger partial charge < -0.3 is 10.0 Å². The fourth-order valence-corrected chi connectivity index (χ4v) is 2.36. The van der Waals surface area contributed by atoms with E-state index in [1.807, 2.05) is 0 Å². The Hall–Kier alpha value is -1.02. The van der Waals surface area contributed by atoms with Crippen LogP contribution in [0.15, 0.2) is 18.2 Å². The second-order valence-electron chi connectivity index (χ2n) is 4.57. The molecule has 1 aromatic carbocycles. The molecule has 1 aliphatic heterocycles. The highest BCUT2D eigenvalue weighted by molar-refractivity contribution is 5.55. The smallest absolute Gasteiger partial charge is 0.0476 e. The van der Waals surface area contributed by atoms with Crippen LogP contribution < -0.4 is 4.90 Å². The second-order valence-corrected chi connectivity index (χ2v) is 4.57. The zero-order valence-electron chi connectivity index (χ0n) is 9.53. The maximum absolute atomic E-state index is 9.12. The number of anilines is 1. The van der Waals surface area contributed by atoms with E-state index in [2.05, 4.69) is 36.9 Å². The first kappa shape index (κ1) is 10.5. The van der Waals surface area contributed by atoms with Crippen molar-refractivity contribution in [3.8, 4) is 0 Å². The van der Waals surface area contributed by atoms with E-state index in [4.69, 9.17) is 5.11 Å². The van der Waals surface area contributed by atoms with Crippen molar-refractivity contribution < 1.29 is 5.11 Å². The molecule has 1 aliphatic rings. The zero-order chi connectivity index (χ0) is 10.8. The molecule has 15 heavy (non-hydrogen) atoms. The number of nitrogens with zero attached hydrogens (tertiary/aromatic N) is 1. The molecule has 82 valence electrons. The first-order valence-electron chi connectivity index (χ1n) is 5.64. The Morgan fingerprint density at radius 2 is 2.20 bits per heavy atom. The summed E-state index contributed by atoms with van der Waals surface area (Å²) in [7, 11) is 0. The fourth-order valence-electron chi connectivity index (χ4n) is 2.36. The lowest BCUT2D eigenvalue weighted by atomic mass is 10.1. The molecule has 1 fully saturated rings. The van der Waals surface area contributed by atoms with Gasteiger partial charge in [0.25, 0.3) is 0 Å². The molecule has 2 nitrogen and oxygen atoms in total. The molecule has 1 saturated heterocycles. The van der Waals surface area contributed by atoms with Crippen LogP contribution in [0.1, 0.15) is 17.5 Å². The highest BCUT2D eigenvalue weighted by atomic mass is 16.3. The van der Waals surface area contributed by atoms with Crippen LogP contribution in [0.2, 0.25) is 0 Å². The summed E-state index contributed by atoms with van der Waals surface area (Å²) in [5.74, 6) is 0.464. The largest absolute Gasteiger partial charge is 0.396 e. The number of aliphatic hydroxyl groups excluding tert-OH is 1. The molecule has 0 amide bonds. The third-order valence-electron chi connectivity index (χ3n) is 3.24. The van der Waals surface area contributed by atoms with E-state index in [1.165, 1.54) is 16.8 Å². The molecule has 0 aliphatic carbocycles. The van der Waals surface area contributed by atoms with E-state index >= 15 is 0 Å². The number of aryl methyl sites for hydroxylation is 2. The third-order valence-corrected chi connectivity index (χ3v) is 3.24. The summed E-state index contributed by atoms with van der Waals surface area (Å²) in [6.45, 7) is 6.68. The van der Waals surface area contributed by atoms with E-state index in [1.54, 1.807) is 0 Å². The Morgan fingerprint density at radius 3 is 2.80 bits per heavy atom. The van der Waals surface area contributed by atoms with Gasteiger partial charge in [-0.25, -0.2) is 0 Å². The van der Waals surface area contributed by atoms with Crippen LogP contribution in [0.4, 0.5) is 5.69 Å². The molecule has 1 N–H and O–H groups in total. The molecule has 0 spiro atoms. The van der Waals surface area contributed by atoms with Crippen molar-refractivity contribution in [2.45, 2.75) is 20.3 Å². The van der Waals surface area contributed by atoms with Crippen LogP contribution in [0, 0.1) is 19.8 Å². The van der Waals surface area contributed by atoms with Crippen LogP contribution in [0.3, 0.4) is 0 Å². The first-order chi connectivity index (χ1) is 7.20. The molecule has 0 bridgehead atoms. The van der Waals surface area contributed by atoms with Gasteiger partial charge in [-0.2, -0.15) is 0 Å². The number of hydrogen-bond acceptors (Lipinski definition) is 2. The quantitative estimate of drug-likeness (QED) is 0.799. The van der Waals surface area contributed by atoms with E-state index in [0.717, 1.165) is 19.5 Å². The first-order valence-corrected chi connectivity index (χ1v) is 5.64. The topological polar surface area (TPSA) is 23.5 Å².